The number of ether oxygens (including phenoxy) is 1. The lowest BCUT2D eigenvalue weighted by molar-refractivity contribution is 0.298. The molecule has 28 heavy (non-hydrogen) atoms. The number of rotatable bonds is 6. The van der Waals surface area contributed by atoms with Crippen molar-refractivity contribution < 1.29 is 13.5 Å². The van der Waals surface area contributed by atoms with Crippen LogP contribution in [0.2, 0.25) is 0 Å². The summed E-state index contributed by atoms with van der Waals surface area (Å²) in [7, 11) is 0. The molecule has 2 N–H and O–H groups in total. The van der Waals surface area contributed by atoms with Crippen molar-refractivity contribution in [1.29, 1.82) is 0 Å². The number of para-hydroxylation sites is 1. The van der Waals surface area contributed by atoms with E-state index in [1.54, 1.807) is 4.68 Å². The first-order valence-electron chi connectivity index (χ1n) is 9.61. The molecule has 3 aromatic rings. The average molecular weight is 383 g/mol. The largest absolute Gasteiger partial charge is 0.487 e. The zero-order valence-electron chi connectivity index (χ0n) is 15.6. The van der Waals surface area contributed by atoms with Crippen LogP contribution in [0.1, 0.15) is 42.1 Å². The number of benzene rings is 2. The maximum atomic E-state index is 14.5. The zero-order chi connectivity index (χ0) is 19.5. The summed E-state index contributed by atoms with van der Waals surface area (Å²) in [5, 5.41) is 4.66. The molecule has 1 atom stereocenters. The van der Waals surface area contributed by atoms with Crippen LogP contribution < -0.4 is 10.5 Å². The monoisotopic (exact) mass is 383 g/mol. The van der Waals surface area contributed by atoms with Crippen molar-refractivity contribution in [2.24, 2.45) is 5.73 Å². The Balaban J connectivity index is 1.76. The molecule has 1 aliphatic carbocycles. The molecule has 1 heterocycles. The first-order chi connectivity index (χ1) is 13.7. The number of nitrogens with zero attached hydrogens (tertiary/aromatic N) is 2. The summed E-state index contributed by atoms with van der Waals surface area (Å²) >= 11 is 0. The Kier molecular flexibility index (Phi) is 5.39. The molecule has 6 heteroatoms. The fourth-order valence-electron chi connectivity index (χ4n) is 4.00. The SMILES string of the molecule is NCCC1CCCc2c1c(COc1ccccc1)nn2-c1cc(F)ccc1F. The van der Waals surface area contributed by atoms with Gasteiger partial charge in [0.1, 0.15) is 35.4 Å². The van der Waals surface area contributed by atoms with Gasteiger partial charge in [0.05, 0.1) is 0 Å². The second kappa shape index (κ2) is 8.10. The van der Waals surface area contributed by atoms with Crippen LogP contribution in [0.4, 0.5) is 8.78 Å². The quantitative estimate of drug-likeness (QED) is 0.682. The lowest BCUT2D eigenvalue weighted by Gasteiger charge is -2.24. The predicted molar refractivity (Wildman–Crippen MR) is 104 cm³/mol. The van der Waals surface area contributed by atoms with E-state index in [1.165, 1.54) is 6.07 Å². The Morgan fingerprint density at radius 3 is 2.75 bits per heavy atom. The molecular formula is C22H23F2N3O. The van der Waals surface area contributed by atoms with Gasteiger partial charge in [-0.1, -0.05) is 18.2 Å². The smallest absolute Gasteiger partial charge is 0.149 e. The van der Waals surface area contributed by atoms with Gasteiger partial charge in [-0.2, -0.15) is 5.10 Å². The Hall–Kier alpha value is -2.73. The molecule has 1 unspecified atom stereocenters. The van der Waals surface area contributed by atoms with Crippen molar-refractivity contribution in [3.05, 3.63) is 77.1 Å². The standard InChI is InChI=1S/C22H23F2N3O/c23-16-9-10-18(24)21(13-16)27-20-8-4-5-15(11-12-25)22(20)19(26-27)14-28-17-6-2-1-3-7-17/h1-3,6-7,9-10,13,15H,4-5,8,11-12,14,25H2. The van der Waals surface area contributed by atoms with E-state index in [0.717, 1.165) is 60.5 Å². The van der Waals surface area contributed by atoms with Crippen molar-refractivity contribution in [2.45, 2.75) is 38.2 Å². The highest BCUT2D eigenvalue weighted by Crippen LogP contribution is 2.38. The van der Waals surface area contributed by atoms with Crippen molar-refractivity contribution in [2.75, 3.05) is 6.54 Å². The van der Waals surface area contributed by atoms with E-state index in [0.29, 0.717) is 6.54 Å². The van der Waals surface area contributed by atoms with Gasteiger partial charge in [-0.15, -0.1) is 0 Å². The van der Waals surface area contributed by atoms with Crippen LogP contribution in [0.15, 0.2) is 48.5 Å². The van der Waals surface area contributed by atoms with Crippen LogP contribution in [0, 0.1) is 11.6 Å². The van der Waals surface area contributed by atoms with E-state index in [9.17, 15) is 8.78 Å². The predicted octanol–water partition coefficient (Wildman–Crippen LogP) is 4.50. The Bertz CT molecular complexity index is 956. The molecule has 0 saturated heterocycles. The second-order valence-electron chi connectivity index (χ2n) is 7.08. The summed E-state index contributed by atoms with van der Waals surface area (Å²) in [6, 6.07) is 12.9. The molecule has 0 amide bonds. The van der Waals surface area contributed by atoms with E-state index >= 15 is 0 Å². The molecule has 4 rings (SSSR count). The van der Waals surface area contributed by atoms with E-state index in [1.807, 2.05) is 30.3 Å². The Morgan fingerprint density at radius 1 is 1.14 bits per heavy atom. The van der Waals surface area contributed by atoms with Gasteiger partial charge in [-0.3, -0.25) is 0 Å². The average Bonchev–Trinajstić information content (AvgIpc) is 3.09. The molecular weight excluding hydrogens is 360 g/mol. The molecule has 4 nitrogen and oxygen atoms in total. The fourth-order valence-corrected chi connectivity index (χ4v) is 4.00. The number of hydrogen-bond acceptors (Lipinski definition) is 3. The van der Waals surface area contributed by atoms with Gasteiger partial charge in [0, 0.05) is 17.3 Å². The van der Waals surface area contributed by atoms with Crippen LogP contribution in [0.25, 0.3) is 5.69 Å². The minimum atomic E-state index is -0.497. The summed E-state index contributed by atoms with van der Waals surface area (Å²) in [5.74, 6) is 0.0163. The van der Waals surface area contributed by atoms with E-state index < -0.39 is 11.6 Å². The van der Waals surface area contributed by atoms with Crippen LogP contribution in [0.5, 0.6) is 5.75 Å². The maximum Gasteiger partial charge on any atom is 0.149 e. The van der Waals surface area contributed by atoms with Crippen molar-refractivity contribution in [3.63, 3.8) is 0 Å². The summed E-state index contributed by atoms with van der Waals surface area (Å²) in [4.78, 5) is 0. The van der Waals surface area contributed by atoms with Crippen LogP contribution in [-0.2, 0) is 13.0 Å². The molecule has 1 aliphatic rings. The van der Waals surface area contributed by atoms with Gasteiger partial charge in [-0.25, -0.2) is 13.5 Å². The lowest BCUT2D eigenvalue weighted by Crippen LogP contribution is -2.16. The molecule has 0 radical (unpaired) electrons. The number of nitrogens with two attached hydrogens (primary N) is 1. The van der Waals surface area contributed by atoms with Gasteiger partial charge in [0.2, 0.25) is 0 Å². The summed E-state index contributed by atoms with van der Waals surface area (Å²) in [5.41, 5.74) is 8.74. The van der Waals surface area contributed by atoms with Crippen LogP contribution in [-0.4, -0.2) is 16.3 Å². The summed E-state index contributed by atoms with van der Waals surface area (Å²) < 4.78 is 35.7. The second-order valence-corrected chi connectivity index (χ2v) is 7.08. The van der Waals surface area contributed by atoms with E-state index in [4.69, 9.17) is 10.5 Å². The highest BCUT2D eigenvalue weighted by molar-refractivity contribution is 5.42. The molecule has 146 valence electrons. The Labute approximate surface area is 162 Å². The molecule has 0 spiro atoms. The zero-order valence-corrected chi connectivity index (χ0v) is 15.6. The number of aromatic nitrogens is 2. The van der Waals surface area contributed by atoms with Crippen LogP contribution >= 0.6 is 0 Å². The number of halogens is 2. The topological polar surface area (TPSA) is 53.1 Å². The first-order valence-corrected chi connectivity index (χ1v) is 9.61. The fraction of sp³-hybridized carbons (Fsp3) is 0.318. The third kappa shape index (κ3) is 3.64. The molecule has 1 aromatic heterocycles. The highest BCUT2D eigenvalue weighted by atomic mass is 19.1. The van der Waals surface area contributed by atoms with Gasteiger partial charge in [0.15, 0.2) is 0 Å². The van der Waals surface area contributed by atoms with Gasteiger partial charge >= 0.3 is 0 Å². The minimum Gasteiger partial charge on any atom is -0.487 e. The molecule has 0 bridgehead atoms. The summed E-state index contributed by atoms with van der Waals surface area (Å²) in [6.07, 6.45) is 3.59. The van der Waals surface area contributed by atoms with Gasteiger partial charge < -0.3 is 10.5 Å². The molecule has 0 fully saturated rings. The van der Waals surface area contributed by atoms with E-state index in [2.05, 4.69) is 5.10 Å². The number of fused-ring (bicyclic) bond motifs is 1. The lowest BCUT2D eigenvalue weighted by atomic mass is 9.83. The first kappa shape index (κ1) is 18.6. The van der Waals surface area contributed by atoms with E-state index in [-0.39, 0.29) is 18.2 Å². The Morgan fingerprint density at radius 2 is 1.96 bits per heavy atom. The van der Waals surface area contributed by atoms with Gasteiger partial charge in [0.25, 0.3) is 0 Å². The maximum absolute atomic E-state index is 14.5. The summed E-state index contributed by atoms with van der Waals surface area (Å²) in [6.45, 7) is 0.847. The third-order valence-corrected chi connectivity index (χ3v) is 5.24. The van der Waals surface area contributed by atoms with Crippen molar-refractivity contribution in [3.8, 4) is 11.4 Å². The van der Waals surface area contributed by atoms with Crippen LogP contribution in [0.3, 0.4) is 0 Å². The van der Waals surface area contributed by atoms with Crippen molar-refractivity contribution >= 4 is 0 Å². The molecule has 0 aliphatic heterocycles. The number of hydrogen-bond donors (Lipinski definition) is 1. The molecule has 0 saturated carbocycles. The highest BCUT2D eigenvalue weighted by Gasteiger charge is 2.29. The molecule has 2 aromatic carbocycles. The minimum absolute atomic E-state index is 0.135. The normalized spacial score (nSPS) is 16.0. The van der Waals surface area contributed by atoms with Gasteiger partial charge in [-0.05, 0) is 62.4 Å². The third-order valence-electron chi connectivity index (χ3n) is 5.24. The van der Waals surface area contributed by atoms with Crippen molar-refractivity contribution in [1.82, 2.24) is 9.78 Å².